The summed E-state index contributed by atoms with van der Waals surface area (Å²) in [5, 5.41) is 0. The molecule has 3 aromatic carbocycles. The summed E-state index contributed by atoms with van der Waals surface area (Å²) < 4.78 is 12.9. The summed E-state index contributed by atoms with van der Waals surface area (Å²) in [7, 11) is 4.01. The minimum Gasteiger partial charge on any atom is -0.423 e. The number of carbonyl (C=O) groups excluding carboxylic acids is 2. The molecule has 0 bridgehead atoms. The smallest absolute Gasteiger partial charge is 0.343 e. The van der Waals surface area contributed by atoms with E-state index in [-0.39, 0.29) is 0 Å². The standard InChI is InChI=1S/C29H27N2O4/c1-21-4-8-23(9-5-21)28(32)34-26-12-14-27(15-13-26)35-29(33)24-10-6-22(7-11-24)20-31-18-16-25(17-19-31)30(2)3/h4-19H,20H2,1-3H3/q+1. The highest BCUT2D eigenvalue weighted by molar-refractivity contribution is 5.92. The van der Waals surface area contributed by atoms with E-state index in [2.05, 4.69) is 21.6 Å². The Morgan fingerprint density at radius 3 is 1.60 bits per heavy atom. The molecule has 0 fully saturated rings. The lowest BCUT2D eigenvalue weighted by molar-refractivity contribution is -0.688. The highest BCUT2D eigenvalue weighted by Gasteiger charge is 2.12. The third-order valence-electron chi connectivity index (χ3n) is 5.48. The normalized spacial score (nSPS) is 10.5. The first kappa shape index (κ1) is 23.7. The van der Waals surface area contributed by atoms with Gasteiger partial charge in [-0.1, -0.05) is 29.8 Å². The molecule has 0 amide bonds. The highest BCUT2D eigenvalue weighted by Crippen LogP contribution is 2.20. The van der Waals surface area contributed by atoms with E-state index in [1.54, 1.807) is 48.5 Å². The quantitative estimate of drug-likeness (QED) is 0.221. The van der Waals surface area contributed by atoms with Gasteiger partial charge in [-0.25, -0.2) is 14.2 Å². The fourth-order valence-electron chi connectivity index (χ4n) is 3.41. The molecular weight excluding hydrogens is 440 g/mol. The second-order valence-electron chi connectivity index (χ2n) is 8.44. The first-order chi connectivity index (χ1) is 16.9. The van der Waals surface area contributed by atoms with Crippen LogP contribution in [0.4, 0.5) is 5.69 Å². The minimum absolute atomic E-state index is 0.366. The predicted molar refractivity (Wildman–Crippen MR) is 134 cm³/mol. The van der Waals surface area contributed by atoms with Gasteiger partial charge in [0.15, 0.2) is 18.9 Å². The maximum absolute atomic E-state index is 12.5. The second-order valence-corrected chi connectivity index (χ2v) is 8.44. The van der Waals surface area contributed by atoms with Gasteiger partial charge in [-0.3, -0.25) is 0 Å². The third-order valence-corrected chi connectivity index (χ3v) is 5.48. The number of anilines is 1. The Hall–Kier alpha value is -4.45. The Morgan fingerprint density at radius 2 is 1.14 bits per heavy atom. The molecule has 1 aromatic heterocycles. The van der Waals surface area contributed by atoms with E-state index in [0.29, 0.717) is 29.2 Å². The minimum atomic E-state index is -0.455. The van der Waals surface area contributed by atoms with Crippen LogP contribution >= 0.6 is 0 Å². The van der Waals surface area contributed by atoms with Gasteiger partial charge in [0.2, 0.25) is 0 Å². The van der Waals surface area contributed by atoms with Gasteiger partial charge in [0.05, 0.1) is 11.1 Å². The van der Waals surface area contributed by atoms with Crippen LogP contribution in [0.15, 0.2) is 97.3 Å². The van der Waals surface area contributed by atoms with Gasteiger partial charge in [-0.05, 0) is 55.5 Å². The van der Waals surface area contributed by atoms with Crippen LogP contribution in [0.1, 0.15) is 31.8 Å². The fraction of sp³-hybridized carbons (Fsp3) is 0.138. The van der Waals surface area contributed by atoms with E-state index in [4.69, 9.17) is 9.47 Å². The van der Waals surface area contributed by atoms with Gasteiger partial charge in [0.1, 0.15) is 11.5 Å². The number of aromatic nitrogens is 1. The molecule has 0 unspecified atom stereocenters. The molecule has 0 radical (unpaired) electrons. The summed E-state index contributed by atoms with van der Waals surface area (Å²) >= 11 is 0. The zero-order chi connectivity index (χ0) is 24.8. The van der Waals surface area contributed by atoms with Crippen molar-refractivity contribution in [3.8, 4) is 11.5 Å². The van der Waals surface area contributed by atoms with Gasteiger partial charge < -0.3 is 14.4 Å². The molecule has 0 aliphatic carbocycles. The Kier molecular flexibility index (Phi) is 7.21. The lowest BCUT2D eigenvalue weighted by atomic mass is 10.1. The van der Waals surface area contributed by atoms with E-state index in [9.17, 15) is 9.59 Å². The predicted octanol–water partition coefficient (Wildman–Crippen LogP) is 4.84. The van der Waals surface area contributed by atoms with Crippen molar-refractivity contribution in [2.24, 2.45) is 0 Å². The summed E-state index contributed by atoms with van der Waals surface area (Å²) in [5.74, 6) is -0.160. The molecule has 6 nitrogen and oxygen atoms in total. The van der Waals surface area contributed by atoms with Gasteiger partial charge in [0, 0.05) is 37.5 Å². The summed E-state index contributed by atoms with van der Waals surface area (Å²) in [6.07, 6.45) is 4.05. The molecule has 6 heteroatoms. The summed E-state index contributed by atoms with van der Waals surface area (Å²) in [6.45, 7) is 2.65. The SMILES string of the molecule is Cc1ccc(C(=O)Oc2ccc(OC(=O)c3ccc(C[n+]4ccc(N(C)C)cc4)cc3)cc2)cc1. The molecule has 1 heterocycles. The monoisotopic (exact) mass is 467 g/mol. The van der Waals surface area contributed by atoms with Crippen molar-refractivity contribution >= 4 is 17.6 Å². The lowest BCUT2D eigenvalue weighted by Crippen LogP contribution is -2.33. The first-order valence-electron chi connectivity index (χ1n) is 11.2. The first-order valence-corrected chi connectivity index (χ1v) is 11.2. The van der Waals surface area contributed by atoms with E-state index in [1.807, 2.05) is 57.7 Å². The van der Waals surface area contributed by atoms with Crippen LogP contribution in [-0.4, -0.2) is 26.0 Å². The van der Waals surface area contributed by atoms with Crippen LogP contribution in [0, 0.1) is 6.92 Å². The maximum Gasteiger partial charge on any atom is 0.343 e. The van der Waals surface area contributed by atoms with Crippen molar-refractivity contribution in [3.63, 3.8) is 0 Å². The number of rotatable bonds is 7. The number of hydrogen-bond acceptors (Lipinski definition) is 5. The average molecular weight is 468 g/mol. The van der Waals surface area contributed by atoms with Gasteiger partial charge >= 0.3 is 11.9 Å². The Balaban J connectivity index is 1.32. The van der Waals surface area contributed by atoms with Crippen molar-refractivity contribution in [1.82, 2.24) is 0 Å². The number of nitrogens with zero attached hydrogens (tertiary/aromatic N) is 2. The molecule has 0 N–H and O–H groups in total. The van der Waals surface area contributed by atoms with E-state index in [0.717, 1.165) is 16.8 Å². The van der Waals surface area contributed by atoms with Crippen molar-refractivity contribution in [2.75, 3.05) is 19.0 Å². The molecule has 0 saturated carbocycles. The Labute approximate surface area is 205 Å². The number of carbonyl (C=O) groups is 2. The van der Waals surface area contributed by atoms with Crippen LogP contribution in [0.3, 0.4) is 0 Å². The zero-order valence-electron chi connectivity index (χ0n) is 20.0. The molecule has 0 saturated heterocycles. The average Bonchev–Trinajstić information content (AvgIpc) is 2.86. The molecule has 4 aromatic rings. The van der Waals surface area contributed by atoms with E-state index < -0.39 is 11.9 Å². The van der Waals surface area contributed by atoms with Crippen LogP contribution in [0.5, 0.6) is 11.5 Å². The lowest BCUT2D eigenvalue weighted by Gasteiger charge is -2.10. The number of aryl methyl sites for hydroxylation is 1. The van der Waals surface area contributed by atoms with Crippen molar-refractivity contribution in [2.45, 2.75) is 13.5 Å². The second kappa shape index (κ2) is 10.7. The fourth-order valence-corrected chi connectivity index (χ4v) is 3.41. The van der Waals surface area contributed by atoms with Crippen molar-refractivity contribution in [1.29, 1.82) is 0 Å². The van der Waals surface area contributed by atoms with Crippen LogP contribution < -0.4 is 18.9 Å². The van der Waals surface area contributed by atoms with Crippen LogP contribution in [0.25, 0.3) is 0 Å². The molecule has 176 valence electrons. The van der Waals surface area contributed by atoms with Gasteiger partial charge in [-0.15, -0.1) is 0 Å². The van der Waals surface area contributed by atoms with Gasteiger partial charge in [-0.2, -0.15) is 0 Å². The molecule has 0 aliphatic heterocycles. The summed E-state index contributed by atoms with van der Waals surface area (Å²) in [5.41, 5.74) is 4.20. The summed E-state index contributed by atoms with van der Waals surface area (Å²) in [4.78, 5) is 26.8. The van der Waals surface area contributed by atoms with Crippen molar-refractivity contribution in [3.05, 3.63) is 120 Å². The summed E-state index contributed by atoms with van der Waals surface area (Å²) in [6, 6.07) is 25.0. The third kappa shape index (κ3) is 6.32. The van der Waals surface area contributed by atoms with Crippen LogP contribution in [-0.2, 0) is 6.54 Å². The van der Waals surface area contributed by atoms with E-state index >= 15 is 0 Å². The Bertz CT molecular complexity index is 1300. The molecule has 0 atom stereocenters. The molecule has 35 heavy (non-hydrogen) atoms. The Morgan fingerprint density at radius 1 is 0.686 bits per heavy atom. The molecular formula is C29H27N2O4+. The largest absolute Gasteiger partial charge is 0.423 e. The number of esters is 2. The topological polar surface area (TPSA) is 59.7 Å². The highest BCUT2D eigenvalue weighted by atomic mass is 16.5. The van der Waals surface area contributed by atoms with Crippen molar-refractivity contribution < 1.29 is 23.6 Å². The number of pyridine rings is 1. The molecule has 0 spiro atoms. The maximum atomic E-state index is 12.5. The number of ether oxygens (including phenoxy) is 2. The van der Waals surface area contributed by atoms with Gasteiger partial charge in [0.25, 0.3) is 0 Å². The molecule has 4 rings (SSSR count). The molecule has 0 aliphatic rings. The zero-order valence-corrected chi connectivity index (χ0v) is 20.0. The van der Waals surface area contributed by atoms with E-state index in [1.165, 1.54) is 0 Å². The van der Waals surface area contributed by atoms with Crippen LogP contribution in [0.2, 0.25) is 0 Å². The number of benzene rings is 3. The number of hydrogen-bond donors (Lipinski definition) is 0.